The monoisotopic (exact) mass is 317 g/mol. The Kier molecular flexibility index (Phi) is 2.49. The van der Waals surface area contributed by atoms with Gasteiger partial charge in [0.15, 0.2) is 4.96 Å². The molecule has 5 heteroatoms. The third kappa shape index (κ3) is 1.71. The third-order valence-electron chi connectivity index (χ3n) is 4.12. The predicted molar refractivity (Wildman–Crippen MR) is 94.1 cm³/mol. The van der Waals surface area contributed by atoms with Crippen LogP contribution in [-0.4, -0.2) is 14.4 Å². The summed E-state index contributed by atoms with van der Waals surface area (Å²) in [4.78, 5) is 21.5. The van der Waals surface area contributed by atoms with Crippen molar-refractivity contribution in [2.45, 2.75) is 0 Å². The summed E-state index contributed by atoms with van der Waals surface area (Å²) in [6.45, 7) is 0. The van der Waals surface area contributed by atoms with Crippen LogP contribution < -0.4 is 5.56 Å². The average Bonchev–Trinajstić information content (AvgIpc) is 3.17. The molecule has 0 saturated carbocycles. The normalized spacial score (nSPS) is 11.7. The van der Waals surface area contributed by atoms with Gasteiger partial charge in [0.2, 0.25) is 0 Å². The fraction of sp³-hybridized carbons (Fsp3) is 0. The summed E-state index contributed by atoms with van der Waals surface area (Å²) in [5.74, 6) is 0. The highest BCUT2D eigenvalue weighted by molar-refractivity contribution is 7.23. The van der Waals surface area contributed by atoms with Gasteiger partial charge in [0.1, 0.15) is 0 Å². The minimum absolute atomic E-state index is 0.0304. The molecule has 0 atom stereocenters. The molecule has 0 aliphatic heterocycles. The van der Waals surface area contributed by atoms with Crippen LogP contribution in [0, 0.1) is 0 Å². The maximum Gasteiger partial charge on any atom is 0.266 e. The molecule has 5 aromatic rings. The largest absolute Gasteiger partial charge is 0.361 e. The van der Waals surface area contributed by atoms with Crippen molar-refractivity contribution in [3.8, 4) is 11.1 Å². The molecular weight excluding hydrogens is 306 g/mol. The minimum atomic E-state index is -0.0304. The fourth-order valence-corrected chi connectivity index (χ4v) is 4.02. The Morgan fingerprint density at radius 1 is 1.00 bits per heavy atom. The van der Waals surface area contributed by atoms with E-state index in [9.17, 15) is 4.79 Å². The van der Waals surface area contributed by atoms with Gasteiger partial charge < -0.3 is 4.98 Å². The number of fused-ring (bicyclic) bond motifs is 4. The van der Waals surface area contributed by atoms with E-state index >= 15 is 0 Å². The number of para-hydroxylation sites is 2. The Morgan fingerprint density at radius 3 is 2.78 bits per heavy atom. The van der Waals surface area contributed by atoms with Gasteiger partial charge in [0.05, 0.1) is 15.8 Å². The van der Waals surface area contributed by atoms with E-state index in [0.717, 1.165) is 31.6 Å². The summed E-state index contributed by atoms with van der Waals surface area (Å²) in [6, 6.07) is 15.9. The number of H-pyrrole nitrogens is 1. The van der Waals surface area contributed by atoms with E-state index < -0.39 is 0 Å². The Balaban J connectivity index is 1.91. The summed E-state index contributed by atoms with van der Waals surface area (Å²) in [5, 5.41) is 1.03. The maximum atomic E-state index is 13.1. The van der Waals surface area contributed by atoms with Gasteiger partial charge in [-0.1, -0.05) is 41.7 Å². The zero-order valence-electron chi connectivity index (χ0n) is 12.0. The van der Waals surface area contributed by atoms with E-state index in [1.54, 1.807) is 10.6 Å². The molecule has 23 heavy (non-hydrogen) atoms. The minimum Gasteiger partial charge on any atom is -0.361 e. The quantitative estimate of drug-likeness (QED) is 0.507. The second-order valence-electron chi connectivity index (χ2n) is 5.41. The van der Waals surface area contributed by atoms with Crippen LogP contribution >= 0.6 is 11.3 Å². The van der Waals surface area contributed by atoms with Gasteiger partial charge in [0, 0.05) is 28.9 Å². The average molecular weight is 317 g/mol. The van der Waals surface area contributed by atoms with Crippen LogP contribution in [0.1, 0.15) is 0 Å². The molecule has 0 aliphatic carbocycles. The smallest absolute Gasteiger partial charge is 0.266 e. The number of aromatic nitrogens is 3. The SMILES string of the molecule is O=c1c(-c2c[nH]c3ccccc23)cnc2sc3ccccc3n12. The lowest BCUT2D eigenvalue weighted by molar-refractivity contribution is 1.12. The topological polar surface area (TPSA) is 50.2 Å². The Bertz CT molecular complexity index is 1250. The molecule has 0 amide bonds. The fourth-order valence-electron chi connectivity index (χ4n) is 3.03. The highest BCUT2D eigenvalue weighted by Crippen LogP contribution is 2.28. The van der Waals surface area contributed by atoms with E-state index in [-0.39, 0.29) is 5.56 Å². The van der Waals surface area contributed by atoms with Crippen LogP contribution in [0.5, 0.6) is 0 Å². The molecule has 110 valence electrons. The van der Waals surface area contributed by atoms with Crippen molar-refractivity contribution in [1.82, 2.24) is 14.4 Å². The van der Waals surface area contributed by atoms with Gasteiger partial charge >= 0.3 is 0 Å². The van der Waals surface area contributed by atoms with Crippen LogP contribution in [-0.2, 0) is 0 Å². The number of nitrogens with zero attached hydrogens (tertiary/aromatic N) is 2. The number of hydrogen-bond donors (Lipinski definition) is 1. The molecule has 3 heterocycles. The molecule has 0 fully saturated rings. The van der Waals surface area contributed by atoms with E-state index in [0.29, 0.717) is 5.56 Å². The van der Waals surface area contributed by atoms with Gasteiger partial charge in [-0.3, -0.25) is 9.20 Å². The summed E-state index contributed by atoms with van der Waals surface area (Å²) >= 11 is 1.53. The highest BCUT2D eigenvalue weighted by Gasteiger charge is 2.14. The van der Waals surface area contributed by atoms with Crippen molar-refractivity contribution in [1.29, 1.82) is 0 Å². The molecule has 5 rings (SSSR count). The first-order valence-electron chi connectivity index (χ1n) is 7.29. The Morgan fingerprint density at radius 2 is 1.83 bits per heavy atom. The van der Waals surface area contributed by atoms with Crippen molar-refractivity contribution < 1.29 is 0 Å². The molecule has 1 N–H and O–H groups in total. The first-order valence-corrected chi connectivity index (χ1v) is 8.10. The molecule has 0 unspecified atom stereocenters. The second-order valence-corrected chi connectivity index (χ2v) is 6.42. The van der Waals surface area contributed by atoms with Crippen molar-refractivity contribution in [3.05, 3.63) is 71.3 Å². The number of thiazole rings is 1. The number of rotatable bonds is 1. The lowest BCUT2D eigenvalue weighted by Gasteiger charge is -2.00. The Hall–Kier alpha value is -2.92. The first-order chi connectivity index (χ1) is 11.3. The summed E-state index contributed by atoms with van der Waals surface area (Å²) < 4.78 is 2.77. The summed E-state index contributed by atoms with van der Waals surface area (Å²) in [7, 11) is 0. The predicted octanol–water partition coefficient (Wildman–Crippen LogP) is 4.06. The number of nitrogens with one attached hydrogen (secondary N) is 1. The van der Waals surface area contributed by atoms with Gasteiger partial charge in [-0.2, -0.15) is 0 Å². The van der Waals surface area contributed by atoms with Gasteiger partial charge in [-0.25, -0.2) is 4.98 Å². The highest BCUT2D eigenvalue weighted by atomic mass is 32.1. The second kappa shape index (κ2) is 4.54. The van der Waals surface area contributed by atoms with Crippen molar-refractivity contribution in [2.24, 2.45) is 0 Å². The molecule has 0 saturated heterocycles. The van der Waals surface area contributed by atoms with Crippen LogP contribution in [0.15, 0.2) is 65.7 Å². The third-order valence-corrected chi connectivity index (χ3v) is 5.15. The molecule has 3 aromatic heterocycles. The summed E-state index contributed by atoms with van der Waals surface area (Å²) in [5.41, 5.74) is 3.40. The van der Waals surface area contributed by atoms with Gasteiger partial charge in [0.25, 0.3) is 5.56 Å². The summed E-state index contributed by atoms with van der Waals surface area (Å²) in [6.07, 6.45) is 3.56. The van der Waals surface area contributed by atoms with Gasteiger partial charge in [-0.05, 0) is 18.2 Å². The number of benzene rings is 2. The number of aromatic amines is 1. The molecule has 0 bridgehead atoms. The van der Waals surface area contributed by atoms with E-state index in [4.69, 9.17) is 0 Å². The van der Waals surface area contributed by atoms with E-state index in [1.165, 1.54) is 11.3 Å². The number of hydrogen-bond acceptors (Lipinski definition) is 3. The zero-order chi connectivity index (χ0) is 15.4. The molecule has 2 aromatic carbocycles. The lowest BCUT2D eigenvalue weighted by Crippen LogP contribution is -2.15. The van der Waals surface area contributed by atoms with Crippen LogP contribution in [0.4, 0.5) is 0 Å². The van der Waals surface area contributed by atoms with Crippen LogP contribution in [0.25, 0.3) is 37.2 Å². The maximum absolute atomic E-state index is 13.1. The van der Waals surface area contributed by atoms with E-state index in [1.807, 2.05) is 54.7 Å². The Labute approximate surface area is 134 Å². The molecule has 0 aliphatic rings. The molecule has 0 spiro atoms. The molecular formula is C18H11N3OS. The first kappa shape index (κ1) is 12.6. The lowest BCUT2D eigenvalue weighted by atomic mass is 10.1. The van der Waals surface area contributed by atoms with Crippen molar-refractivity contribution >= 4 is 37.4 Å². The van der Waals surface area contributed by atoms with Crippen LogP contribution in [0.3, 0.4) is 0 Å². The van der Waals surface area contributed by atoms with Crippen molar-refractivity contribution in [2.75, 3.05) is 0 Å². The molecule has 0 radical (unpaired) electrons. The zero-order valence-corrected chi connectivity index (χ0v) is 12.8. The molecule has 4 nitrogen and oxygen atoms in total. The van der Waals surface area contributed by atoms with Gasteiger partial charge in [-0.15, -0.1) is 0 Å². The van der Waals surface area contributed by atoms with Crippen LogP contribution in [0.2, 0.25) is 0 Å². The van der Waals surface area contributed by atoms with Crippen molar-refractivity contribution in [3.63, 3.8) is 0 Å². The van der Waals surface area contributed by atoms with E-state index in [2.05, 4.69) is 9.97 Å². The standard InChI is InChI=1S/C18H11N3OS/c22-17-13(12-9-19-14-6-2-1-5-11(12)14)10-20-18-21(17)15-7-3-4-8-16(15)23-18/h1-10,19H.